The lowest BCUT2D eigenvalue weighted by Crippen LogP contribution is -2.31. The number of nitrogens with zero attached hydrogens (tertiary/aromatic N) is 4. The number of nitro groups is 1. The molecule has 6 rings (SSSR count). The number of carbonyl (C=O) groups is 1. The normalized spacial score (nSPS) is 15.4. The highest BCUT2D eigenvalue weighted by Gasteiger charge is 2.35. The van der Waals surface area contributed by atoms with Crippen molar-refractivity contribution in [1.29, 1.82) is 0 Å². The molecule has 0 spiro atoms. The third-order valence-corrected chi connectivity index (χ3v) is 6.50. The number of rotatable bonds is 6. The number of non-ortho nitro benzene ring substituents is 1. The maximum atomic E-state index is 13.8. The predicted octanol–water partition coefficient (Wildman–Crippen LogP) is 4.52. The number of para-hydroxylation sites is 2. The number of aromatic nitrogens is 3. The molecule has 0 radical (unpaired) electrons. The Bertz CT molecular complexity index is 1640. The SMILES string of the molecule is COc1ccccc1NC(=O)C1=C(C)Nc2nc(-c3ccc([N+](=O)[O-])cc3)nn2C1c1ccc2c(c1)OCO2. The van der Waals surface area contributed by atoms with Crippen molar-refractivity contribution in [1.82, 2.24) is 14.8 Å². The molecule has 4 aromatic rings. The standard InChI is InChI=1S/C27H22N6O6/c1-15-23(26(34)29-19-5-3-4-6-20(19)37-2)24(17-9-12-21-22(13-17)39-14-38-21)32-27(28-15)30-25(31-32)16-7-10-18(11-8-16)33(35)36/h3-13,24H,14H2,1-2H3,(H,29,34)(H,28,30,31). The van der Waals surface area contributed by atoms with Crippen LogP contribution in [0.1, 0.15) is 18.5 Å². The van der Waals surface area contributed by atoms with E-state index >= 15 is 0 Å². The van der Waals surface area contributed by atoms with Gasteiger partial charge in [-0.05, 0) is 48.9 Å². The average molecular weight is 527 g/mol. The second kappa shape index (κ2) is 9.49. The number of fused-ring (bicyclic) bond motifs is 2. The predicted molar refractivity (Wildman–Crippen MR) is 141 cm³/mol. The molecular weight excluding hydrogens is 504 g/mol. The van der Waals surface area contributed by atoms with Crippen LogP contribution in [0.3, 0.4) is 0 Å². The van der Waals surface area contributed by atoms with Gasteiger partial charge in [-0.1, -0.05) is 18.2 Å². The topological polar surface area (TPSA) is 143 Å². The fourth-order valence-electron chi connectivity index (χ4n) is 4.63. The van der Waals surface area contributed by atoms with Gasteiger partial charge in [0.1, 0.15) is 11.8 Å². The highest BCUT2D eigenvalue weighted by Crippen LogP contribution is 2.41. The van der Waals surface area contributed by atoms with Crippen LogP contribution in [0.25, 0.3) is 11.4 Å². The van der Waals surface area contributed by atoms with Crippen molar-refractivity contribution >= 4 is 23.2 Å². The van der Waals surface area contributed by atoms with Gasteiger partial charge in [0.25, 0.3) is 11.6 Å². The van der Waals surface area contributed by atoms with E-state index in [-0.39, 0.29) is 18.4 Å². The fraction of sp³-hybridized carbons (Fsp3) is 0.148. The molecule has 3 heterocycles. The number of carbonyl (C=O) groups excluding carboxylic acids is 1. The van der Waals surface area contributed by atoms with Crippen LogP contribution in [-0.2, 0) is 4.79 Å². The number of nitrogens with one attached hydrogen (secondary N) is 2. The highest BCUT2D eigenvalue weighted by atomic mass is 16.7. The molecule has 1 aromatic heterocycles. The summed E-state index contributed by atoms with van der Waals surface area (Å²) in [6, 6.07) is 17.9. The van der Waals surface area contributed by atoms with Crippen molar-refractivity contribution in [2.45, 2.75) is 13.0 Å². The minimum Gasteiger partial charge on any atom is -0.495 e. The Morgan fingerprint density at radius 1 is 1.13 bits per heavy atom. The lowest BCUT2D eigenvalue weighted by molar-refractivity contribution is -0.384. The van der Waals surface area contributed by atoms with Crippen molar-refractivity contribution < 1.29 is 23.9 Å². The first-order chi connectivity index (χ1) is 18.9. The fourth-order valence-corrected chi connectivity index (χ4v) is 4.63. The van der Waals surface area contributed by atoms with E-state index in [4.69, 9.17) is 19.3 Å². The number of allylic oxidation sites excluding steroid dienone is 1. The van der Waals surface area contributed by atoms with E-state index in [1.54, 1.807) is 48.0 Å². The van der Waals surface area contributed by atoms with Gasteiger partial charge in [0, 0.05) is 23.4 Å². The largest absolute Gasteiger partial charge is 0.495 e. The Labute approximate surface area is 222 Å². The smallest absolute Gasteiger partial charge is 0.269 e. The summed E-state index contributed by atoms with van der Waals surface area (Å²) < 4.78 is 18.1. The highest BCUT2D eigenvalue weighted by molar-refractivity contribution is 6.06. The molecule has 1 amide bonds. The molecule has 39 heavy (non-hydrogen) atoms. The Morgan fingerprint density at radius 2 is 1.90 bits per heavy atom. The number of nitro benzene ring substituents is 1. The van der Waals surface area contributed by atoms with Crippen molar-refractivity contribution in [2.75, 3.05) is 24.5 Å². The van der Waals surface area contributed by atoms with Gasteiger partial charge in [-0.15, -0.1) is 5.10 Å². The summed E-state index contributed by atoms with van der Waals surface area (Å²) >= 11 is 0. The summed E-state index contributed by atoms with van der Waals surface area (Å²) in [5, 5.41) is 21.9. The Morgan fingerprint density at radius 3 is 2.67 bits per heavy atom. The molecule has 0 aliphatic carbocycles. The van der Waals surface area contributed by atoms with E-state index in [2.05, 4.69) is 15.6 Å². The van der Waals surface area contributed by atoms with Gasteiger partial charge in [0.15, 0.2) is 17.3 Å². The van der Waals surface area contributed by atoms with E-state index in [0.717, 1.165) is 5.56 Å². The molecule has 1 unspecified atom stereocenters. The van der Waals surface area contributed by atoms with Crippen molar-refractivity contribution in [2.24, 2.45) is 0 Å². The van der Waals surface area contributed by atoms with E-state index in [1.807, 2.05) is 18.2 Å². The molecule has 1 atom stereocenters. The molecular formula is C27H22N6O6. The summed E-state index contributed by atoms with van der Waals surface area (Å²) in [5.74, 6) is 2.10. The number of ether oxygens (including phenoxy) is 3. The minimum atomic E-state index is -0.676. The van der Waals surface area contributed by atoms with Gasteiger partial charge in [-0.2, -0.15) is 4.98 Å². The van der Waals surface area contributed by atoms with Crippen molar-refractivity contribution in [3.63, 3.8) is 0 Å². The molecule has 2 aliphatic heterocycles. The summed E-state index contributed by atoms with van der Waals surface area (Å²) in [7, 11) is 1.54. The number of anilines is 2. The molecule has 0 fully saturated rings. The average Bonchev–Trinajstić information content (AvgIpc) is 3.59. The van der Waals surface area contributed by atoms with Crippen LogP contribution in [0.15, 0.2) is 78.0 Å². The summed E-state index contributed by atoms with van der Waals surface area (Å²) in [4.78, 5) is 29.1. The van der Waals surface area contributed by atoms with Gasteiger partial charge < -0.3 is 24.8 Å². The minimum absolute atomic E-state index is 0.0353. The van der Waals surface area contributed by atoms with Crippen molar-refractivity contribution in [3.05, 3.63) is 93.7 Å². The van der Waals surface area contributed by atoms with Crippen LogP contribution >= 0.6 is 0 Å². The molecule has 196 valence electrons. The first kappa shape index (κ1) is 24.0. The lowest BCUT2D eigenvalue weighted by Gasteiger charge is -2.29. The zero-order valence-electron chi connectivity index (χ0n) is 20.9. The maximum absolute atomic E-state index is 13.8. The first-order valence-corrected chi connectivity index (χ1v) is 12.0. The first-order valence-electron chi connectivity index (χ1n) is 12.0. The van der Waals surface area contributed by atoms with Crippen LogP contribution in [-0.4, -0.2) is 39.5 Å². The molecule has 12 heteroatoms. The molecule has 3 aromatic carbocycles. The monoisotopic (exact) mass is 526 g/mol. The zero-order chi connectivity index (χ0) is 27.1. The number of methoxy groups -OCH3 is 1. The molecule has 2 aliphatic rings. The zero-order valence-corrected chi connectivity index (χ0v) is 20.9. The summed E-state index contributed by atoms with van der Waals surface area (Å²) in [5.41, 5.74) is 2.79. The van der Waals surface area contributed by atoms with Crippen LogP contribution in [0.2, 0.25) is 0 Å². The third kappa shape index (κ3) is 4.27. The van der Waals surface area contributed by atoms with E-state index in [9.17, 15) is 14.9 Å². The van der Waals surface area contributed by atoms with E-state index < -0.39 is 11.0 Å². The lowest BCUT2D eigenvalue weighted by atomic mass is 9.94. The second-order valence-electron chi connectivity index (χ2n) is 8.84. The van der Waals surface area contributed by atoms with Gasteiger partial charge in [-0.25, -0.2) is 4.68 Å². The van der Waals surface area contributed by atoms with E-state index in [0.29, 0.717) is 51.5 Å². The second-order valence-corrected chi connectivity index (χ2v) is 8.84. The number of hydrogen-bond acceptors (Lipinski definition) is 9. The number of hydrogen-bond donors (Lipinski definition) is 2. The molecule has 2 N–H and O–H groups in total. The van der Waals surface area contributed by atoms with Gasteiger partial charge >= 0.3 is 0 Å². The Balaban J connectivity index is 1.44. The van der Waals surface area contributed by atoms with Crippen LogP contribution in [0.4, 0.5) is 17.3 Å². The quantitative estimate of drug-likeness (QED) is 0.274. The molecule has 0 bridgehead atoms. The Kier molecular flexibility index (Phi) is 5.83. The third-order valence-electron chi connectivity index (χ3n) is 6.50. The molecule has 12 nitrogen and oxygen atoms in total. The van der Waals surface area contributed by atoms with E-state index in [1.165, 1.54) is 19.2 Å². The van der Waals surface area contributed by atoms with Gasteiger partial charge in [0.05, 0.1) is 23.3 Å². The van der Waals surface area contributed by atoms with Gasteiger partial charge in [0.2, 0.25) is 12.7 Å². The molecule has 0 saturated carbocycles. The van der Waals surface area contributed by atoms with Crippen LogP contribution in [0, 0.1) is 10.1 Å². The number of amides is 1. The van der Waals surface area contributed by atoms with Crippen LogP contribution < -0.4 is 24.8 Å². The number of benzene rings is 3. The Hall–Kier alpha value is -5.39. The maximum Gasteiger partial charge on any atom is 0.269 e. The van der Waals surface area contributed by atoms with Gasteiger partial charge in [-0.3, -0.25) is 14.9 Å². The summed E-state index contributed by atoms with van der Waals surface area (Å²) in [6.07, 6.45) is 0. The molecule has 0 saturated heterocycles. The van der Waals surface area contributed by atoms with Crippen molar-refractivity contribution in [3.8, 4) is 28.6 Å². The van der Waals surface area contributed by atoms with Crippen LogP contribution in [0.5, 0.6) is 17.2 Å². The summed E-state index contributed by atoms with van der Waals surface area (Å²) in [6.45, 7) is 1.90.